The summed E-state index contributed by atoms with van der Waals surface area (Å²) in [4.78, 5) is 38.5. The van der Waals surface area contributed by atoms with Gasteiger partial charge >= 0.3 is 5.69 Å². The van der Waals surface area contributed by atoms with Crippen LogP contribution >= 0.6 is 0 Å². The van der Waals surface area contributed by atoms with Gasteiger partial charge < -0.3 is 5.11 Å². The number of allylic oxidation sites excluding steroid dienone is 1. The van der Waals surface area contributed by atoms with Crippen LogP contribution in [0, 0.1) is 24.0 Å². The van der Waals surface area contributed by atoms with Crippen LogP contribution in [0.4, 0.5) is 17.1 Å². The number of nitrogens with zero attached hydrogens (tertiary/aromatic N) is 3. The van der Waals surface area contributed by atoms with E-state index in [1.165, 1.54) is 6.07 Å². The Balaban J connectivity index is 1.79. The zero-order valence-corrected chi connectivity index (χ0v) is 18.8. The van der Waals surface area contributed by atoms with Crippen molar-refractivity contribution in [3.05, 3.63) is 98.7 Å². The molecule has 172 valence electrons. The van der Waals surface area contributed by atoms with E-state index in [-0.39, 0.29) is 22.7 Å². The monoisotopic (exact) mass is 458 g/mol. The molecule has 9 heteroatoms. The van der Waals surface area contributed by atoms with E-state index in [9.17, 15) is 24.8 Å². The van der Waals surface area contributed by atoms with Crippen LogP contribution in [0.2, 0.25) is 0 Å². The Hall–Kier alpha value is -4.50. The molecule has 1 heterocycles. The van der Waals surface area contributed by atoms with Gasteiger partial charge in [-0.15, -0.1) is 0 Å². The third kappa shape index (κ3) is 3.67. The van der Waals surface area contributed by atoms with Crippen LogP contribution in [0.5, 0.6) is 5.75 Å². The topological polar surface area (TPSA) is 130 Å². The van der Waals surface area contributed by atoms with Crippen molar-refractivity contribution in [3.8, 4) is 5.75 Å². The average Bonchev–Trinajstić information content (AvgIpc) is 3.11. The number of carbonyl (C=O) groups excluding carboxylic acids is 2. The Morgan fingerprint density at radius 2 is 1.76 bits per heavy atom. The number of phenols is 1. The molecule has 34 heavy (non-hydrogen) atoms. The smallest absolute Gasteiger partial charge is 0.311 e. The van der Waals surface area contributed by atoms with Crippen LogP contribution in [0.15, 0.2) is 66.4 Å². The number of aromatic hydroxyl groups is 1. The maximum atomic E-state index is 13.6. The first-order chi connectivity index (χ1) is 16.1. The summed E-state index contributed by atoms with van der Waals surface area (Å²) in [7, 11) is 0. The number of nitrogens with two attached hydrogens (primary N) is 1. The van der Waals surface area contributed by atoms with E-state index < -0.39 is 22.3 Å². The Bertz CT molecular complexity index is 1400. The number of hydrazine groups is 1. The summed E-state index contributed by atoms with van der Waals surface area (Å²) in [5.74, 6) is 4.43. The van der Waals surface area contributed by atoms with E-state index in [4.69, 9.17) is 5.84 Å². The van der Waals surface area contributed by atoms with E-state index in [1.54, 1.807) is 24.0 Å². The van der Waals surface area contributed by atoms with Crippen molar-refractivity contribution in [2.45, 2.75) is 20.8 Å². The highest BCUT2D eigenvalue weighted by atomic mass is 16.6. The van der Waals surface area contributed by atoms with Crippen molar-refractivity contribution in [3.63, 3.8) is 0 Å². The van der Waals surface area contributed by atoms with E-state index in [2.05, 4.69) is 0 Å². The quantitative estimate of drug-likeness (QED) is 0.197. The molecule has 3 aromatic rings. The van der Waals surface area contributed by atoms with Crippen molar-refractivity contribution in [1.29, 1.82) is 0 Å². The highest BCUT2D eigenvalue weighted by Gasteiger charge is 2.36. The number of rotatable bonds is 4. The highest BCUT2D eigenvalue weighted by Crippen LogP contribution is 2.43. The molecule has 0 saturated heterocycles. The highest BCUT2D eigenvalue weighted by molar-refractivity contribution is 6.35. The van der Waals surface area contributed by atoms with E-state index >= 15 is 0 Å². The van der Waals surface area contributed by atoms with Gasteiger partial charge in [-0.1, -0.05) is 24.3 Å². The number of phenolic OH excluding ortho intramolecular Hbond substituents is 1. The van der Waals surface area contributed by atoms with Crippen molar-refractivity contribution in [1.82, 2.24) is 5.01 Å². The molecule has 2 amide bonds. The lowest BCUT2D eigenvalue weighted by Crippen LogP contribution is -2.37. The van der Waals surface area contributed by atoms with Crippen LogP contribution in [0.1, 0.15) is 34.0 Å². The second-order valence-corrected chi connectivity index (χ2v) is 8.02. The number of nitro groups is 1. The predicted octanol–water partition coefficient (Wildman–Crippen LogP) is 4.34. The van der Waals surface area contributed by atoms with Gasteiger partial charge in [0.05, 0.1) is 16.2 Å². The minimum Gasteiger partial charge on any atom is -0.502 e. The summed E-state index contributed by atoms with van der Waals surface area (Å²) >= 11 is 0. The largest absolute Gasteiger partial charge is 0.502 e. The molecule has 0 spiro atoms. The van der Waals surface area contributed by atoms with Crippen molar-refractivity contribution in [2.24, 2.45) is 5.84 Å². The van der Waals surface area contributed by atoms with Gasteiger partial charge in [0.15, 0.2) is 5.75 Å². The number of carbonyl (C=O) groups is 2. The summed E-state index contributed by atoms with van der Waals surface area (Å²) in [5.41, 5.74) is 3.80. The fourth-order valence-electron chi connectivity index (χ4n) is 3.90. The second-order valence-electron chi connectivity index (χ2n) is 8.02. The standard InChI is InChI=1S/C25H22N4O5/c1-14-8-10-18(12-15(14)2)27-20-7-5-4-6-19(20)23(25(27)32)16(3)28(26)24(31)17-9-11-22(30)21(13-17)29(33)34/h4-13,30H,26H2,1-3H3/b23-16-. The molecule has 0 fully saturated rings. The molecule has 0 radical (unpaired) electrons. The van der Waals surface area contributed by atoms with Crippen LogP contribution in [-0.4, -0.2) is 26.9 Å². The van der Waals surface area contributed by atoms with Crippen LogP contribution < -0.4 is 10.7 Å². The first-order valence-corrected chi connectivity index (χ1v) is 10.4. The van der Waals surface area contributed by atoms with Crippen LogP contribution in [0.3, 0.4) is 0 Å². The van der Waals surface area contributed by atoms with Crippen molar-refractivity contribution >= 4 is 34.4 Å². The molecule has 0 atom stereocenters. The molecule has 3 aromatic carbocycles. The number of benzene rings is 3. The summed E-state index contributed by atoms with van der Waals surface area (Å²) in [6.07, 6.45) is 0. The molecular weight excluding hydrogens is 436 g/mol. The first-order valence-electron chi connectivity index (χ1n) is 10.4. The lowest BCUT2D eigenvalue weighted by Gasteiger charge is -2.20. The molecule has 0 aliphatic carbocycles. The minimum atomic E-state index is -0.795. The minimum absolute atomic E-state index is 0.100. The molecule has 4 rings (SSSR count). The number of hydrogen-bond acceptors (Lipinski definition) is 6. The number of nitro benzene ring substituents is 1. The zero-order chi connectivity index (χ0) is 24.7. The summed E-state index contributed by atoms with van der Waals surface area (Å²) in [6, 6.07) is 16.1. The van der Waals surface area contributed by atoms with Gasteiger partial charge in [0.2, 0.25) is 0 Å². The lowest BCUT2D eigenvalue weighted by molar-refractivity contribution is -0.385. The number of amides is 2. The molecule has 0 aromatic heterocycles. The number of anilines is 2. The molecule has 1 aliphatic rings. The second kappa shape index (κ2) is 8.45. The summed E-state index contributed by atoms with van der Waals surface area (Å²) in [6.45, 7) is 5.49. The average molecular weight is 458 g/mol. The van der Waals surface area contributed by atoms with Gasteiger partial charge in [0.25, 0.3) is 11.8 Å². The number of hydrogen-bond donors (Lipinski definition) is 2. The van der Waals surface area contributed by atoms with E-state index in [0.717, 1.165) is 28.3 Å². The normalized spacial score (nSPS) is 14.1. The number of para-hydroxylation sites is 1. The molecular formula is C25H22N4O5. The zero-order valence-electron chi connectivity index (χ0n) is 18.8. The van der Waals surface area contributed by atoms with E-state index in [1.807, 2.05) is 44.2 Å². The van der Waals surface area contributed by atoms with Gasteiger partial charge in [-0.05, 0) is 62.2 Å². The van der Waals surface area contributed by atoms with E-state index in [0.29, 0.717) is 16.9 Å². The third-order valence-electron chi connectivity index (χ3n) is 5.94. The molecule has 0 unspecified atom stereocenters. The van der Waals surface area contributed by atoms with Gasteiger partial charge in [-0.3, -0.25) is 24.6 Å². The summed E-state index contributed by atoms with van der Waals surface area (Å²) < 4.78 is 0. The number of aryl methyl sites for hydroxylation is 2. The van der Waals surface area contributed by atoms with Crippen LogP contribution in [-0.2, 0) is 4.79 Å². The molecule has 9 nitrogen and oxygen atoms in total. The maximum Gasteiger partial charge on any atom is 0.311 e. The molecule has 0 saturated carbocycles. The predicted molar refractivity (Wildman–Crippen MR) is 127 cm³/mol. The summed E-state index contributed by atoms with van der Waals surface area (Å²) in [5, 5.41) is 21.6. The van der Waals surface area contributed by atoms with Gasteiger partial charge in [-0.25, -0.2) is 10.9 Å². The first kappa shape index (κ1) is 22.7. The maximum absolute atomic E-state index is 13.6. The Morgan fingerprint density at radius 3 is 2.44 bits per heavy atom. The van der Waals surface area contributed by atoms with Gasteiger partial charge in [-0.2, -0.15) is 0 Å². The Labute approximate surface area is 195 Å². The molecule has 1 aliphatic heterocycles. The third-order valence-corrected chi connectivity index (χ3v) is 5.94. The van der Waals surface area contributed by atoms with Crippen molar-refractivity contribution in [2.75, 3.05) is 4.90 Å². The van der Waals surface area contributed by atoms with Crippen molar-refractivity contribution < 1.29 is 19.6 Å². The van der Waals surface area contributed by atoms with Crippen LogP contribution in [0.25, 0.3) is 5.57 Å². The SMILES string of the molecule is C/C(=C1/C(=O)N(c2ccc(C)c(C)c2)c2ccccc21)N(N)C(=O)c1ccc(O)c([N+](=O)[O-])c1. The Kier molecular flexibility index (Phi) is 5.64. The lowest BCUT2D eigenvalue weighted by atomic mass is 10.0. The molecule has 3 N–H and O–H groups in total. The van der Waals surface area contributed by atoms with Gasteiger partial charge in [0.1, 0.15) is 0 Å². The van der Waals surface area contributed by atoms with Gasteiger partial charge in [0, 0.05) is 28.6 Å². The molecule has 0 bridgehead atoms. The fraction of sp³-hybridized carbons (Fsp3) is 0.120. The fourth-order valence-corrected chi connectivity index (χ4v) is 3.90. The Morgan fingerprint density at radius 1 is 1.06 bits per heavy atom. The number of fused-ring (bicyclic) bond motifs is 1.